The highest BCUT2D eigenvalue weighted by Gasteiger charge is 2.40. The molecule has 4 aliphatic carbocycles. The Morgan fingerprint density at radius 3 is 1.31 bits per heavy atom. The molecule has 0 bridgehead atoms. The molecule has 0 radical (unpaired) electrons. The molecule has 0 spiro atoms. The summed E-state index contributed by atoms with van der Waals surface area (Å²) < 4.78 is 0. The minimum Gasteiger partial charge on any atom is -0.0802 e. The van der Waals surface area contributed by atoms with Gasteiger partial charge < -0.3 is 0 Å². The normalized spacial score (nSPS) is 27.0. The fourth-order valence-corrected chi connectivity index (χ4v) is 9.06. The third-order valence-electron chi connectivity index (χ3n) is 11.6. The molecule has 4 aromatic rings. The molecule has 0 saturated heterocycles. The van der Waals surface area contributed by atoms with E-state index in [4.69, 9.17) is 0 Å². The standard InChI is InChI=1S/C42H42/c1-25-17-37(33-21-31-15-13-29-9-5-7-11-35(29)39(31)23-33)41(19-27(25)3)42-20-28(4)26(2)18-38(42)34-22-32-16-14-30-10-6-8-12-36(30)40(32)24-34/h5-20,31-34,39-40H,21-24H2,1-4H3. The van der Waals surface area contributed by atoms with E-state index in [1.165, 1.54) is 70.2 Å². The van der Waals surface area contributed by atoms with Gasteiger partial charge in [-0.3, -0.25) is 0 Å². The zero-order valence-corrected chi connectivity index (χ0v) is 25.5. The van der Waals surface area contributed by atoms with Gasteiger partial charge in [0, 0.05) is 0 Å². The summed E-state index contributed by atoms with van der Waals surface area (Å²) in [5.74, 6) is 3.72. The first-order valence-corrected chi connectivity index (χ1v) is 16.2. The summed E-state index contributed by atoms with van der Waals surface area (Å²) in [5.41, 5.74) is 17.8. The molecule has 42 heavy (non-hydrogen) atoms. The Balaban J connectivity index is 1.21. The summed E-state index contributed by atoms with van der Waals surface area (Å²) in [5, 5.41) is 0. The number of rotatable bonds is 3. The van der Waals surface area contributed by atoms with E-state index >= 15 is 0 Å². The minimum atomic E-state index is 0.584. The SMILES string of the molecule is Cc1cc(-c2cc(C)c(C)cc2C2CC3C=Cc4ccccc4C3C2)c(C2CC3C=Cc4ccccc4C3C2)cc1C. The van der Waals surface area contributed by atoms with Gasteiger partial charge in [-0.1, -0.05) is 97.1 Å². The lowest BCUT2D eigenvalue weighted by Crippen LogP contribution is -2.08. The van der Waals surface area contributed by atoms with Crippen molar-refractivity contribution >= 4 is 12.2 Å². The summed E-state index contributed by atoms with van der Waals surface area (Å²) in [6, 6.07) is 28.4. The van der Waals surface area contributed by atoms with Crippen LogP contribution in [0.4, 0.5) is 0 Å². The van der Waals surface area contributed by atoms with Crippen molar-refractivity contribution in [3.63, 3.8) is 0 Å². The average molecular weight is 547 g/mol. The molecular weight excluding hydrogens is 504 g/mol. The molecule has 2 saturated carbocycles. The largest absolute Gasteiger partial charge is 0.0802 e. The van der Waals surface area contributed by atoms with E-state index in [0.29, 0.717) is 35.5 Å². The zero-order chi connectivity index (χ0) is 28.5. The Bertz CT molecular complexity index is 1630. The molecule has 4 aliphatic rings. The van der Waals surface area contributed by atoms with Crippen molar-refractivity contribution in [1.29, 1.82) is 0 Å². The highest BCUT2D eigenvalue weighted by atomic mass is 14.4. The number of hydrogen-bond acceptors (Lipinski definition) is 0. The lowest BCUT2D eigenvalue weighted by molar-refractivity contribution is 0.585. The van der Waals surface area contributed by atoms with Crippen molar-refractivity contribution in [2.75, 3.05) is 0 Å². The van der Waals surface area contributed by atoms with E-state index < -0.39 is 0 Å². The van der Waals surface area contributed by atoms with Gasteiger partial charge in [-0.15, -0.1) is 0 Å². The van der Waals surface area contributed by atoms with Gasteiger partial charge in [0.2, 0.25) is 0 Å². The Kier molecular flexibility index (Phi) is 6.18. The van der Waals surface area contributed by atoms with Crippen molar-refractivity contribution < 1.29 is 0 Å². The Morgan fingerprint density at radius 2 is 0.857 bits per heavy atom. The fourth-order valence-electron chi connectivity index (χ4n) is 9.06. The highest BCUT2D eigenvalue weighted by Crippen LogP contribution is 2.56. The van der Waals surface area contributed by atoms with Crippen LogP contribution in [-0.4, -0.2) is 0 Å². The number of allylic oxidation sites excluding steroid dienone is 2. The molecular formula is C42H42. The van der Waals surface area contributed by atoms with Crippen molar-refractivity contribution in [2.24, 2.45) is 11.8 Å². The van der Waals surface area contributed by atoms with Crippen LogP contribution < -0.4 is 0 Å². The van der Waals surface area contributed by atoms with Gasteiger partial charge in [0.25, 0.3) is 0 Å². The quantitative estimate of drug-likeness (QED) is 0.240. The molecule has 0 N–H and O–H groups in total. The Morgan fingerprint density at radius 1 is 0.452 bits per heavy atom. The van der Waals surface area contributed by atoms with Gasteiger partial charge >= 0.3 is 0 Å². The van der Waals surface area contributed by atoms with Crippen molar-refractivity contribution in [3.05, 3.63) is 141 Å². The summed E-state index contributed by atoms with van der Waals surface area (Å²) in [6.45, 7) is 9.24. The zero-order valence-electron chi connectivity index (χ0n) is 25.5. The topological polar surface area (TPSA) is 0 Å². The summed E-state index contributed by atoms with van der Waals surface area (Å²) >= 11 is 0. The smallest absolute Gasteiger partial charge is 0.00869 e. The Hall–Kier alpha value is -3.64. The maximum absolute atomic E-state index is 2.56. The summed E-state index contributed by atoms with van der Waals surface area (Å²) in [6.07, 6.45) is 14.8. The van der Waals surface area contributed by atoms with Crippen LogP contribution in [0, 0.1) is 39.5 Å². The van der Waals surface area contributed by atoms with E-state index in [1.54, 1.807) is 22.3 Å². The molecule has 0 nitrogen and oxygen atoms in total. The molecule has 2 fully saturated rings. The second-order valence-electron chi connectivity index (χ2n) is 13.9. The van der Waals surface area contributed by atoms with Crippen molar-refractivity contribution in [3.8, 4) is 11.1 Å². The van der Waals surface area contributed by atoms with Gasteiger partial charge in [0.1, 0.15) is 0 Å². The van der Waals surface area contributed by atoms with Gasteiger partial charge in [-0.25, -0.2) is 0 Å². The van der Waals surface area contributed by atoms with Gasteiger partial charge in [0.15, 0.2) is 0 Å². The summed E-state index contributed by atoms with van der Waals surface area (Å²) in [4.78, 5) is 0. The van der Waals surface area contributed by atoms with Crippen LogP contribution >= 0.6 is 0 Å². The molecule has 0 amide bonds. The molecule has 4 aromatic carbocycles. The predicted molar refractivity (Wildman–Crippen MR) is 178 cm³/mol. The molecule has 0 heteroatoms. The molecule has 0 aliphatic heterocycles. The van der Waals surface area contributed by atoms with E-state index in [2.05, 4.69) is 125 Å². The second-order valence-corrected chi connectivity index (χ2v) is 13.9. The molecule has 8 rings (SSSR count). The van der Waals surface area contributed by atoms with E-state index in [-0.39, 0.29) is 0 Å². The lowest BCUT2D eigenvalue weighted by Gasteiger charge is -2.24. The van der Waals surface area contributed by atoms with Crippen LogP contribution in [0.5, 0.6) is 0 Å². The maximum Gasteiger partial charge on any atom is -0.00869 e. The van der Waals surface area contributed by atoms with Crippen molar-refractivity contribution in [2.45, 2.75) is 77.0 Å². The molecule has 0 aromatic heterocycles. The maximum atomic E-state index is 2.56. The summed E-state index contributed by atoms with van der Waals surface area (Å²) in [7, 11) is 0. The monoisotopic (exact) mass is 546 g/mol. The van der Waals surface area contributed by atoms with Gasteiger partial charge in [-0.2, -0.15) is 0 Å². The van der Waals surface area contributed by atoms with Crippen LogP contribution in [0.3, 0.4) is 0 Å². The molecule has 0 heterocycles. The van der Waals surface area contributed by atoms with Gasteiger partial charge in [-0.05, 0) is 156 Å². The van der Waals surface area contributed by atoms with E-state index in [9.17, 15) is 0 Å². The van der Waals surface area contributed by atoms with E-state index in [1.807, 2.05) is 0 Å². The van der Waals surface area contributed by atoms with E-state index in [0.717, 1.165) is 0 Å². The second kappa shape index (κ2) is 9.98. The van der Waals surface area contributed by atoms with Crippen LogP contribution in [0.2, 0.25) is 0 Å². The molecule has 6 atom stereocenters. The van der Waals surface area contributed by atoms with Crippen molar-refractivity contribution in [1.82, 2.24) is 0 Å². The number of hydrogen-bond donors (Lipinski definition) is 0. The minimum absolute atomic E-state index is 0.584. The average Bonchev–Trinajstić information content (AvgIpc) is 3.65. The molecule has 6 unspecified atom stereocenters. The van der Waals surface area contributed by atoms with Crippen LogP contribution in [0.1, 0.15) is 105 Å². The molecule has 210 valence electrons. The fraction of sp³-hybridized carbons (Fsp3) is 0.333. The number of benzene rings is 4. The first-order valence-electron chi connectivity index (χ1n) is 16.2. The predicted octanol–water partition coefficient (Wildman–Crippen LogP) is 11.2. The number of aryl methyl sites for hydroxylation is 4. The number of fused-ring (bicyclic) bond motifs is 6. The first kappa shape index (κ1) is 26.0. The van der Waals surface area contributed by atoms with Crippen LogP contribution in [0.15, 0.2) is 84.9 Å². The first-order chi connectivity index (χ1) is 20.4. The Labute approximate surface area is 252 Å². The third-order valence-corrected chi connectivity index (χ3v) is 11.6. The van der Waals surface area contributed by atoms with Crippen LogP contribution in [-0.2, 0) is 0 Å². The van der Waals surface area contributed by atoms with Crippen LogP contribution in [0.25, 0.3) is 23.3 Å². The van der Waals surface area contributed by atoms with Gasteiger partial charge in [0.05, 0.1) is 0 Å². The lowest BCUT2D eigenvalue weighted by atomic mass is 9.80. The third kappa shape index (κ3) is 4.17. The highest BCUT2D eigenvalue weighted by molar-refractivity contribution is 5.75.